The van der Waals surface area contributed by atoms with Gasteiger partial charge in [-0.2, -0.15) is 0 Å². The standard InChI is InChI=1S/C15H28.2C2H6/c1-12-4-3-5-14(9-6-12)15-10-7-13(2)8-11-15;2*1-2/h12-15H,3-11H2,1-2H3;2*1-2H3/t12?,13?,14-,15?;;/m0../s1. The Morgan fingerprint density at radius 2 is 0.842 bits per heavy atom. The summed E-state index contributed by atoms with van der Waals surface area (Å²) in [5.74, 6) is 4.23. The number of hydrogen-bond acceptors (Lipinski definition) is 0. The lowest BCUT2D eigenvalue weighted by atomic mass is 9.74. The van der Waals surface area contributed by atoms with Crippen LogP contribution in [0.5, 0.6) is 0 Å². The Kier molecular flexibility index (Phi) is 11.8. The molecule has 0 aliphatic heterocycles. The van der Waals surface area contributed by atoms with Gasteiger partial charge in [-0.05, 0) is 42.9 Å². The Morgan fingerprint density at radius 1 is 0.474 bits per heavy atom. The molecule has 0 aromatic rings. The number of rotatable bonds is 1. The van der Waals surface area contributed by atoms with Crippen molar-refractivity contribution in [1.29, 1.82) is 0 Å². The van der Waals surface area contributed by atoms with E-state index in [-0.39, 0.29) is 0 Å². The SMILES string of the molecule is CC.CC.CC1CCC([C@H]2CCCC(C)CC2)CC1. The second-order valence-electron chi connectivity index (χ2n) is 6.39. The van der Waals surface area contributed by atoms with Crippen molar-refractivity contribution < 1.29 is 0 Å². The fourth-order valence-corrected chi connectivity index (χ4v) is 3.74. The van der Waals surface area contributed by atoms with Crippen molar-refractivity contribution in [2.24, 2.45) is 23.7 Å². The highest BCUT2D eigenvalue weighted by molar-refractivity contribution is 4.79. The van der Waals surface area contributed by atoms with Crippen molar-refractivity contribution >= 4 is 0 Å². The minimum absolute atomic E-state index is 1.01. The van der Waals surface area contributed by atoms with Gasteiger partial charge in [0.2, 0.25) is 0 Å². The maximum absolute atomic E-state index is 2.45. The average molecular weight is 269 g/mol. The predicted octanol–water partition coefficient (Wildman–Crippen LogP) is 7.08. The first-order valence-corrected chi connectivity index (χ1v) is 9.25. The van der Waals surface area contributed by atoms with Crippen molar-refractivity contribution in [3.63, 3.8) is 0 Å². The van der Waals surface area contributed by atoms with E-state index >= 15 is 0 Å². The molecular formula is C19H40. The smallest absolute Gasteiger partial charge is 0.0386 e. The van der Waals surface area contributed by atoms with Crippen LogP contribution in [0.4, 0.5) is 0 Å². The van der Waals surface area contributed by atoms with Crippen LogP contribution in [0.25, 0.3) is 0 Å². The van der Waals surface area contributed by atoms with Crippen LogP contribution in [-0.4, -0.2) is 0 Å². The molecular weight excluding hydrogens is 228 g/mol. The minimum atomic E-state index is 1.01. The lowest BCUT2D eigenvalue weighted by Gasteiger charge is -2.32. The maximum atomic E-state index is 2.45. The van der Waals surface area contributed by atoms with E-state index in [2.05, 4.69) is 13.8 Å². The quantitative estimate of drug-likeness (QED) is 0.446. The summed E-state index contributed by atoms with van der Waals surface area (Å²) in [7, 11) is 0. The van der Waals surface area contributed by atoms with E-state index in [1.165, 1.54) is 32.1 Å². The Labute approximate surface area is 123 Å². The van der Waals surface area contributed by atoms with E-state index in [9.17, 15) is 0 Å². The highest BCUT2D eigenvalue weighted by Gasteiger charge is 2.27. The van der Waals surface area contributed by atoms with E-state index in [1.54, 1.807) is 25.7 Å². The van der Waals surface area contributed by atoms with E-state index in [0.717, 1.165) is 23.7 Å². The maximum Gasteiger partial charge on any atom is -0.0386 e. The van der Waals surface area contributed by atoms with Crippen molar-refractivity contribution in [1.82, 2.24) is 0 Å². The molecule has 0 spiro atoms. The molecule has 19 heavy (non-hydrogen) atoms. The molecule has 2 fully saturated rings. The molecule has 1 unspecified atom stereocenters. The summed E-state index contributed by atoms with van der Waals surface area (Å²) in [6.45, 7) is 12.9. The van der Waals surface area contributed by atoms with E-state index < -0.39 is 0 Å². The molecule has 0 aromatic carbocycles. The van der Waals surface area contributed by atoms with Crippen molar-refractivity contribution in [3.8, 4) is 0 Å². The molecule has 0 radical (unpaired) electrons. The second-order valence-corrected chi connectivity index (χ2v) is 6.39. The van der Waals surface area contributed by atoms with Gasteiger partial charge in [-0.25, -0.2) is 0 Å². The molecule has 2 aliphatic rings. The van der Waals surface area contributed by atoms with Crippen LogP contribution in [0.2, 0.25) is 0 Å². The zero-order valence-corrected chi connectivity index (χ0v) is 14.7. The van der Waals surface area contributed by atoms with Gasteiger partial charge in [-0.1, -0.05) is 80.1 Å². The number of hydrogen-bond donors (Lipinski definition) is 0. The fraction of sp³-hybridized carbons (Fsp3) is 1.00. The monoisotopic (exact) mass is 268 g/mol. The highest BCUT2D eigenvalue weighted by Crippen LogP contribution is 2.39. The molecule has 0 saturated heterocycles. The summed E-state index contributed by atoms with van der Waals surface area (Å²) >= 11 is 0. The van der Waals surface area contributed by atoms with Crippen LogP contribution in [0.15, 0.2) is 0 Å². The molecule has 0 amide bonds. The van der Waals surface area contributed by atoms with Gasteiger partial charge in [0.25, 0.3) is 0 Å². The van der Waals surface area contributed by atoms with Gasteiger partial charge in [0.05, 0.1) is 0 Å². The molecule has 0 heteroatoms. The predicted molar refractivity (Wildman–Crippen MR) is 89.6 cm³/mol. The summed E-state index contributed by atoms with van der Waals surface area (Å²) in [6.07, 6.45) is 13.7. The van der Waals surface area contributed by atoms with Gasteiger partial charge in [-0.3, -0.25) is 0 Å². The van der Waals surface area contributed by atoms with Crippen LogP contribution >= 0.6 is 0 Å². The molecule has 2 aliphatic carbocycles. The van der Waals surface area contributed by atoms with Gasteiger partial charge < -0.3 is 0 Å². The first kappa shape index (κ1) is 19.0. The van der Waals surface area contributed by atoms with Crippen molar-refractivity contribution in [2.45, 2.75) is 99.3 Å². The van der Waals surface area contributed by atoms with Crippen LogP contribution in [0, 0.1) is 23.7 Å². The molecule has 0 aromatic heterocycles. The van der Waals surface area contributed by atoms with Gasteiger partial charge in [-0.15, -0.1) is 0 Å². The lowest BCUT2D eigenvalue weighted by Crippen LogP contribution is -2.20. The van der Waals surface area contributed by atoms with E-state index in [4.69, 9.17) is 0 Å². The summed E-state index contributed by atoms with van der Waals surface area (Å²) in [6, 6.07) is 0. The van der Waals surface area contributed by atoms with E-state index in [1.807, 2.05) is 27.7 Å². The van der Waals surface area contributed by atoms with Crippen LogP contribution in [0.3, 0.4) is 0 Å². The molecule has 0 bridgehead atoms. The Bertz CT molecular complexity index is 176. The average Bonchev–Trinajstić information content (AvgIpc) is 2.69. The summed E-state index contributed by atoms with van der Waals surface area (Å²) in [4.78, 5) is 0. The van der Waals surface area contributed by atoms with Gasteiger partial charge in [0, 0.05) is 0 Å². The summed E-state index contributed by atoms with van der Waals surface area (Å²) in [5.41, 5.74) is 0. The van der Waals surface area contributed by atoms with Gasteiger partial charge in [0.1, 0.15) is 0 Å². The zero-order valence-electron chi connectivity index (χ0n) is 14.7. The third-order valence-electron chi connectivity index (χ3n) is 5.03. The largest absolute Gasteiger partial charge is 0.0683 e. The fourth-order valence-electron chi connectivity index (χ4n) is 3.74. The van der Waals surface area contributed by atoms with Gasteiger partial charge in [0.15, 0.2) is 0 Å². The molecule has 0 N–H and O–H groups in total. The molecule has 2 saturated carbocycles. The summed E-state index contributed by atoms with van der Waals surface area (Å²) < 4.78 is 0. The third-order valence-corrected chi connectivity index (χ3v) is 5.03. The second kappa shape index (κ2) is 11.8. The van der Waals surface area contributed by atoms with Crippen LogP contribution in [-0.2, 0) is 0 Å². The lowest BCUT2D eigenvalue weighted by molar-refractivity contribution is 0.195. The first-order chi connectivity index (χ1) is 9.25. The molecule has 2 rings (SSSR count). The van der Waals surface area contributed by atoms with Crippen LogP contribution in [0.1, 0.15) is 99.3 Å². The van der Waals surface area contributed by atoms with Crippen LogP contribution < -0.4 is 0 Å². The zero-order chi connectivity index (χ0) is 14.7. The summed E-state index contributed by atoms with van der Waals surface area (Å²) in [5, 5.41) is 0. The van der Waals surface area contributed by atoms with Crippen molar-refractivity contribution in [3.05, 3.63) is 0 Å². The van der Waals surface area contributed by atoms with Gasteiger partial charge >= 0.3 is 0 Å². The molecule has 2 atom stereocenters. The third kappa shape index (κ3) is 7.37. The topological polar surface area (TPSA) is 0 Å². The highest BCUT2D eigenvalue weighted by atomic mass is 14.3. The minimum Gasteiger partial charge on any atom is -0.0683 e. The Balaban J connectivity index is 0.000000741. The molecule has 116 valence electrons. The molecule has 0 heterocycles. The van der Waals surface area contributed by atoms with Crippen molar-refractivity contribution in [2.75, 3.05) is 0 Å². The molecule has 0 nitrogen and oxygen atoms in total. The van der Waals surface area contributed by atoms with E-state index in [0.29, 0.717) is 0 Å². The normalized spacial score (nSPS) is 35.1. The Morgan fingerprint density at radius 3 is 1.32 bits per heavy atom. The Hall–Kier alpha value is 0. The first-order valence-electron chi connectivity index (χ1n) is 9.25.